The number of aliphatic carboxylic acids is 1. The number of amides is 1. The van der Waals surface area contributed by atoms with Crippen molar-refractivity contribution in [3.63, 3.8) is 0 Å². The Morgan fingerprint density at radius 2 is 1.81 bits per heavy atom. The lowest BCUT2D eigenvalue weighted by molar-refractivity contribution is -0.142. The second-order valence-electron chi connectivity index (χ2n) is 11.8. The van der Waals surface area contributed by atoms with E-state index in [4.69, 9.17) is 16.3 Å². The number of hydrogen-bond acceptors (Lipinski definition) is 4. The third-order valence-corrected chi connectivity index (χ3v) is 9.01. The fourth-order valence-corrected chi connectivity index (χ4v) is 6.00. The van der Waals surface area contributed by atoms with Crippen molar-refractivity contribution in [1.82, 2.24) is 9.80 Å². The molecule has 3 aliphatic rings. The number of hydrogen-bond donors (Lipinski definition) is 1. The van der Waals surface area contributed by atoms with Gasteiger partial charge < -0.3 is 14.7 Å². The predicted octanol–water partition coefficient (Wildman–Crippen LogP) is 6.64. The summed E-state index contributed by atoms with van der Waals surface area (Å²) in [6, 6.07) is 3.96. The summed E-state index contributed by atoms with van der Waals surface area (Å²) in [5, 5.41) is 9.72. The van der Waals surface area contributed by atoms with Gasteiger partial charge in [0.1, 0.15) is 36.1 Å². The van der Waals surface area contributed by atoms with Crippen LogP contribution in [-0.2, 0) is 17.5 Å². The standard InChI is InChI=1S/C30H31ClF6N2O4/c1-16-24(33)14-39(26(16)28(41)42)27(40)21-11-20(17-2-3-17)25(12-23(21)32)43-15-29(34)6-8-38(9-7-29)13-18-10-19(30(35,36)37)4-5-22(18)31/h4-5,10-12,16-17,24,26H,2-3,6-9,13-15H2,1H3,(H,41,42). The summed E-state index contributed by atoms with van der Waals surface area (Å²) in [5.41, 5.74) is -2.19. The zero-order valence-electron chi connectivity index (χ0n) is 23.3. The average molecular weight is 633 g/mol. The summed E-state index contributed by atoms with van der Waals surface area (Å²) >= 11 is 6.11. The highest BCUT2D eigenvalue weighted by Crippen LogP contribution is 2.46. The van der Waals surface area contributed by atoms with Gasteiger partial charge in [0.05, 0.1) is 17.7 Å². The van der Waals surface area contributed by atoms with E-state index in [9.17, 15) is 32.3 Å². The second-order valence-corrected chi connectivity index (χ2v) is 12.2. The van der Waals surface area contributed by atoms with Crippen LogP contribution in [0, 0.1) is 11.7 Å². The normalized spacial score (nSPS) is 24.3. The molecule has 3 fully saturated rings. The van der Waals surface area contributed by atoms with Gasteiger partial charge in [-0.2, -0.15) is 13.2 Å². The van der Waals surface area contributed by atoms with Crippen LogP contribution in [0.25, 0.3) is 0 Å². The molecule has 1 saturated carbocycles. The number of carboxylic acid groups (broad SMARTS) is 1. The quantitative estimate of drug-likeness (QED) is 0.331. The first-order chi connectivity index (χ1) is 20.2. The Morgan fingerprint density at radius 1 is 1.14 bits per heavy atom. The third kappa shape index (κ3) is 6.74. The van der Waals surface area contributed by atoms with Crippen LogP contribution >= 0.6 is 11.6 Å². The lowest BCUT2D eigenvalue weighted by Gasteiger charge is -2.36. The maximum absolute atomic E-state index is 15.8. The van der Waals surface area contributed by atoms with E-state index in [0.717, 1.165) is 35.9 Å². The third-order valence-electron chi connectivity index (χ3n) is 8.64. The first kappa shape index (κ1) is 31.4. The summed E-state index contributed by atoms with van der Waals surface area (Å²) in [6.07, 6.45) is -4.54. The van der Waals surface area contributed by atoms with Crippen molar-refractivity contribution in [3.8, 4) is 5.75 Å². The lowest BCUT2D eigenvalue weighted by Crippen LogP contribution is -2.44. The van der Waals surface area contributed by atoms with Crippen molar-refractivity contribution in [2.45, 2.75) is 69.1 Å². The number of halogens is 7. The molecule has 1 amide bonds. The second kappa shape index (κ2) is 11.8. The van der Waals surface area contributed by atoms with Crippen LogP contribution in [0.2, 0.25) is 5.02 Å². The van der Waals surface area contributed by atoms with Gasteiger partial charge in [-0.1, -0.05) is 18.5 Å². The van der Waals surface area contributed by atoms with E-state index in [0.29, 0.717) is 11.1 Å². The molecule has 6 nitrogen and oxygen atoms in total. The minimum Gasteiger partial charge on any atom is -0.490 e. The van der Waals surface area contributed by atoms with Gasteiger partial charge in [-0.3, -0.25) is 9.69 Å². The summed E-state index contributed by atoms with van der Waals surface area (Å²) in [5.74, 6) is -4.20. The number of nitrogens with zero attached hydrogens (tertiary/aromatic N) is 2. The van der Waals surface area contributed by atoms with E-state index in [-0.39, 0.29) is 49.2 Å². The van der Waals surface area contributed by atoms with Gasteiger partial charge in [-0.25, -0.2) is 18.0 Å². The molecular formula is C30H31ClF6N2O4. The summed E-state index contributed by atoms with van der Waals surface area (Å²) in [7, 11) is 0. The smallest absolute Gasteiger partial charge is 0.416 e. The van der Waals surface area contributed by atoms with Crippen LogP contribution in [-0.4, -0.2) is 70.9 Å². The Kier molecular flexibility index (Phi) is 8.65. The number of likely N-dealkylation sites (tertiary alicyclic amines) is 2. The Morgan fingerprint density at radius 3 is 2.42 bits per heavy atom. The molecule has 2 aromatic rings. The predicted molar refractivity (Wildman–Crippen MR) is 145 cm³/mol. The molecule has 0 bridgehead atoms. The molecule has 3 unspecified atom stereocenters. The van der Waals surface area contributed by atoms with Crippen LogP contribution in [0.4, 0.5) is 26.3 Å². The zero-order chi connectivity index (χ0) is 31.3. The molecule has 2 aromatic carbocycles. The molecule has 234 valence electrons. The SMILES string of the molecule is CC1C(F)CN(C(=O)c2cc(C3CC3)c(OCC3(F)CCN(Cc4cc(C(F)(F)F)ccc4Cl)CC3)cc2F)C1C(=O)O. The van der Waals surface area contributed by atoms with E-state index in [1.165, 1.54) is 19.1 Å². The van der Waals surface area contributed by atoms with Gasteiger partial charge in [0.15, 0.2) is 0 Å². The van der Waals surface area contributed by atoms with Crippen LogP contribution < -0.4 is 4.74 Å². The van der Waals surface area contributed by atoms with Gasteiger partial charge in [-0.15, -0.1) is 0 Å². The summed E-state index contributed by atoms with van der Waals surface area (Å²) in [6.45, 7) is 1.11. The number of ether oxygens (including phenoxy) is 1. The number of carbonyl (C=O) groups is 2. The number of carboxylic acids is 1. The minimum absolute atomic E-state index is 0.0233. The number of carbonyl (C=O) groups excluding carboxylic acids is 1. The molecule has 2 heterocycles. The highest BCUT2D eigenvalue weighted by Gasteiger charge is 2.47. The van der Waals surface area contributed by atoms with Crippen molar-refractivity contribution in [2.75, 3.05) is 26.2 Å². The van der Waals surface area contributed by atoms with Crippen molar-refractivity contribution in [3.05, 3.63) is 63.4 Å². The Balaban J connectivity index is 1.25. The van der Waals surface area contributed by atoms with E-state index in [2.05, 4.69) is 0 Å². The first-order valence-corrected chi connectivity index (χ1v) is 14.5. The van der Waals surface area contributed by atoms with Crippen LogP contribution in [0.5, 0.6) is 5.75 Å². The summed E-state index contributed by atoms with van der Waals surface area (Å²) < 4.78 is 90.4. The number of alkyl halides is 5. The summed E-state index contributed by atoms with van der Waals surface area (Å²) in [4.78, 5) is 27.5. The van der Waals surface area contributed by atoms with Crippen LogP contribution in [0.3, 0.4) is 0 Å². The van der Waals surface area contributed by atoms with E-state index in [1.54, 1.807) is 4.90 Å². The van der Waals surface area contributed by atoms with Gasteiger partial charge in [0.2, 0.25) is 0 Å². The fourth-order valence-electron chi connectivity index (χ4n) is 5.82. The molecule has 1 N–H and O–H groups in total. The Hall–Kier alpha value is -2.99. The molecule has 13 heteroatoms. The van der Waals surface area contributed by atoms with Crippen LogP contribution in [0.15, 0.2) is 30.3 Å². The molecule has 5 rings (SSSR count). The molecule has 43 heavy (non-hydrogen) atoms. The Bertz CT molecular complexity index is 1390. The molecule has 3 atom stereocenters. The monoisotopic (exact) mass is 632 g/mol. The minimum atomic E-state index is -4.51. The highest BCUT2D eigenvalue weighted by molar-refractivity contribution is 6.31. The van der Waals surface area contributed by atoms with Crippen molar-refractivity contribution in [2.24, 2.45) is 5.92 Å². The van der Waals surface area contributed by atoms with Crippen molar-refractivity contribution < 1.29 is 45.8 Å². The van der Waals surface area contributed by atoms with Gasteiger partial charge in [0, 0.05) is 36.6 Å². The van der Waals surface area contributed by atoms with Gasteiger partial charge in [-0.05, 0) is 67.0 Å². The number of piperidine rings is 1. The Labute approximate surface area is 249 Å². The highest BCUT2D eigenvalue weighted by atomic mass is 35.5. The largest absolute Gasteiger partial charge is 0.490 e. The molecule has 2 aliphatic heterocycles. The van der Waals surface area contributed by atoms with E-state index < -0.39 is 71.9 Å². The average Bonchev–Trinajstić information content (AvgIpc) is 3.73. The molecular weight excluding hydrogens is 602 g/mol. The topological polar surface area (TPSA) is 70.1 Å². The first-order valence-electron chi connectivity index (χ1n) is 14.1. The molecule has 2 saturated heterocycles. The van der Waals surface area contributed by atoms with Gasteiger partial charge in [0.25, 0.3) is 5.91 Å². The molecule has 0 aromatic heterocycles. The number of rotatable bonds is 8. The maximum atomic E-state index is 15.8. The molecule has 0 radical (unpaired) electrons. The lowest BCUT2D eigenvalue weighted by atomic mass is 9.93. The molecule has 1 aliphatic carbocycles. The van der Waals surface area contributed by atoms with Crippen LogP contribution in [0.1, 0.15) is 65.6 Å². The number of benzene rings is 2. The van der Waals surface area contributed by atoms with E-state index in [1.807, 2.05) is 0 Å². The van der Waals surface area contributed by atoms with Crippen molar-refractivity contribution >= 4 is 23.5 Å². The van der Waals surface area contributed by atoms with Crippen molar-refractivity contribution in [1.29, 1.82) is 0 Å². The zero-order valence-corrected chi connectivity index (χ0v) is 24.0. The maximum Gasteiger partial charge on any atom is 0.416 e. The fraction of sp³-hybridized carbons (Fsp3) is 0.533. The van der Waals surface area contributed by atoms with E-state index >= 15 is 8.78 Å². The van der Waals surface area contributed by atoms with Gasteiger partial charge >= 0.3 is 12.1 Å². The molecule has 0 spiro atoms.